The number of para-hydroxylation sites is 1. The highest BCUT2D eigenvalue weighted by molar-refractivity contribution is 6.12. The van der Waals surface area contributed by atoms with E-state index in [1.54, 1.807) is 0 Å². The van der Waals surface area contributed by atoms with Crippen molar-refractivity contribution < 1.29 is 4.74 Å². The van der Waals surface area contributed by atoms with Crippen LogP contribution in [0.1, 0.15) is 50.7 Å². The van der Waals surface area contributed by atoms with Crippen molar-refractivity contribution >= 4 is 49.3 Å². The van der Waals surface area contributed by atoms with E-state index in [1.807, 2.05) is 48.9 Å². The van der Waals surface area contributed by atoms with E-state index in [9.17, 15) is 0 Å². The van der Waals surface area contributed by atoms with Crippen LogP contribution >= 0.6 is 0 Å². The summed E-state index contributed by atoms with van der Waals surface area (Å²) in [6.45, 7) is 9.01. The van der Waals surface area contributed by atoms with Crippen molar-refractivity contribution in [3.8, 4) is 28.6 Å². The maximum absolute atomic E-state index is 6.58. The van der Waals surface area contributed by atoms with Gasteiger partial charge in [-0.15, -0.1) is 0 Å². The third kappa shape index (κ3) is 4.66. The van der Waals surface area contributed by atoms with Crippen LogP contribution in [0.3, 0.4) is 0 Å². The highest BCUT2D eigenvalue weighted by Gasteiger charge is 2.19. The van der Waals surface area contributed by atoms with E-state index in [4.69, 9.17) is 14.7 Å². The van der Waals surface area contributed by atoms with Gasteiger partial charge < -0.3 is 4.74 Å². The van der Waals surface area contributed by atoms with Gasteiger partial charge >= 0.3 is 0 Å². The number of aromatic nitrogens is 5. The van der Waals surface area contributed by atoms with Crippen molar-refractivity contribution in [3.05, 3.63) is 139 Å². The standard InChI is InChI=1S/C43H35N5O/c1-26(2)30-11-9-12-31(27(3)4)41(30)37-20-19-35-32-17-15-28(24-36(32)42-45-22-23-47(42)43(35)46-37)49-29-16-18-34-33-10-5-6-13-38(33)48(39(34)25-29)40-14-7-8-21-44-40/h5-27H,1-4H3. The summed E-state index contributed by atoms with van der Waals surface area (Å²) in [6.07, 6.45) is 5.68. The van der Waals surface area contributed by atoms with Gasteiger partial charge in [-0.1, -0.05) is 70.2 Å². The second-order valence-electron chi connectivity index (χ2n) is 13.3. The zero-order valence-corrected chi connectivity index (χ0v) is 27.9. The average molecular weight is 638 g/mol. The second kappa shape index (κ2) is 11.3. The van der Waals surface area contributed by atoms with Crippen LogP contribution in [0.25, 0.3) is 66.3 Å². The molecule has 0 aliphatic heterocycles. The summed E-state index contributed by atoms with van der Waals surface area (Å²) in [4.78, 5) is 14.8. The summed E-state index contributed by atoms with van der Waals surface area (Å²) in [5.74, 6) is 3.13. The second-order valence-corrected chi connectivity index (χ2v) is 13.3. The first-order valence-electron chi connectivity index (χ1n) is 16.9. The number of ether oxygens (including phenoxy) is 1. The smallest absolute Gasteiger partial charge is 0.146 e. The molecule has 0 unspecified atom stereocenters. The Morgan fingerprint density at radius 1 is 0.551 bits per heavy atom. The monoisotopic (exact) mass is 637 g/mol. The molecule has 5 heterocycles. The Balaban J connectivity index is 1.17. The van der Waals surface area contributed by atoms with Gasteiger partial charge in [-0.05, 0) is 89.0 Å². The molecule has 9 aromatic rings. The molecule has 0 amide bonds. The van der Waals surface area contributed by atoms with Crippen LogP contribution in [-0.4, -0.2) is 23.9 Å². The maximum Gasteiger partial charge on any atom is 0.146 e. The van der Waals surface area contributed by atoms with E-state index in [1.165, 1.54) is 22.1 Å². The van der Waals surface area contributed by atoms with Crippen LogP contribution in [0.4, 0.5) is 0 Å². The fourth-order valence-corrected chi connectivity index (χ4v) is 7.39. The molecule has 5 aromatic heterocycles. The molecule has 6 nitrogen and oxygen atoms in total. The van der Waals surface area contributed by atoms with Gasteiger partial charge in [-0.3, -0.25) is 8.97 Å². The van der Waals surface area contributed by atoms with E-state index in [2.05, 4.69) is 121 Å². The predicted octanol–water partition coefficient (Wildman–Crippen LogP) is 11.2. The van der Waals surface area contributed by atoms with Crippen molar-refractivity contribution in [2.24, 2.45) is 0 Å². The molecular formula is C43H35N5O. The van der Waals surface area contributed by atoms with E-state index in [0.29, 0.717) is 11.8 Å². The quantitative estimate of drug-likeness (QED) is 0.170. The van der Waals surface area contributed by atoms with Crippen molar-refractivity contribution in [2.75, 3.05) is 0 Å². The molecule has 238 valence electrons. The largest absolute Gasteiger partial charge is 0.457 e. The lowest BCUT2D eigenvalue weighted by atomic mass is 9.87. The number of hydrogen-bond donors (Lipinski definition) is 0. The molecule has 49 heavy (non-hydrogen) atoms. The number of pyridine rings is 3. The minimum Gasteiger partial charge on any atom is -0.457 e. The van der Waals surface area contributed by atoms with Gasteiger partial charge in [0.1, 0.15) is 28.6 Å². The zero-order valence-electron chi connectivity index (χ0n) is 27.9. The fourth-order valence-electron chi connectivity index (χ4n) is 7.39. The lowest BCUT2D eigenvalue weighted by Crippen LogP contribution is -2.02. The number of rotatable bonds is 6. The number of hydrogen-bond acceptors (Lipinski definition) is 4. The predicted molar refractivity (Wildman–Crippen MR) is 200 cm³/mol. The van der Waals surface area contributed by atoms with Crippen LogP contribution in [-0.2, 0) is 0 Å². The molecule has 0 fully saturated rings. The van der Waals surface area contributed by atoms with Crippen molar-refractivity contribution in [3.63, 3.8) is 0 Å². The van der Waals surface area contributed by atoms with E-state index < -0.39 is 0 Å². The molecule has 0 aliphatic rings. The molecule has 0 spiro atoms. The van der Waals surface area contributed by atoms with Crippen molar-refractivity contribution in [1.29, 1.82) is 0 Å². The Kier molecular flexibility index (Phi) is 6.73. The number of nitrogens with zero attached hydrogens (tertiary/aromatic N) is 5. The van der Waals surface area contributed by atoms with Crippen LogP contribution in [0.2, 0.25) is 0 Å². The minimum absolute atomic E-state index is 0.383. The van der Waals surface area contributed by atoms with Crippen molar-refractivity contribution in [1.82, 2.24) is 23.9 Å². The lowest BCUT2D eigenvalue weighted by molar-refractivity contribution is 0.484. The Morgan fingerprint density at radius 2 is 1.27 bits per heavy atom. The molecular weight excluding hydrogens is 603 g/mol. The molecule has 0 aliphatic carbocycles. The van der Waals surface area contributed by atoms with Gasteiger partial charge in [0, 0.05) is 51.8 Å². The molecule has 0 saturated heterocycles. The molecule has 0 N–H and O–H groups in total. The minimum atomic E-state index is 0.383. The van der Waals surface area contributed by atoms with E-state index in [-0.39, 0.29) is 0 Å². The Labute approximate surface area is 284 Å². The third-order valence-electron chi connectivity index (χ3n) is 9.65. The van der Waals surface area contributed by atoms with Gasteiger partial charge in [-0.25, -0.2) is 15.0 Å². The molecule has 0 saturated carbocycles. The topological polar surface area (TPSA) is 57.2 Å². The van der Waals surface area contributed by atoms with Crippen LogP contribution < -0.4 is 4.74 Å². The summed E-state index contributed by atoms with van der Waals surface area (Å²) in [5, 5.41) is 5.51. The van der Waals surface area contributed by atoms with E-state index in [0.717, 1.165) is 66.9 Å². The Bertz CT molecular complexity index is 2680. The van der Waals surface area contributed by atoms with Gasteiger partial charge in [-0.2, -0.15) is 0 Å². The first-order chi connectivity index (χ1) is 24.0. The Morgan fingerprint density at radius 3 is 2.04 bits per heavy atom. The first-order valence-corrected chi connectivity index (χ1v) is 16.9. The molecule has 4 aromatic carbocycles. The van der Waals surface area contributed by atoms with Gasteiger partial charge in [0.2, 0.25) is 0 Å². The molecule has 0 bridgehead atoms. The molecule has 6 heteroatoms. The molecule has 0 radical (unpaired) electrons. The maximum atomic E-state index is 6.58. The molecule has 0 atom stereocenters. The molecule has 9 rings (SSSR count). The summed E-state index contributed by atoms with van der Waals surface area (Å²) < 4.78 is 10.9. The summed E-state index contributed by atoms with van der Waals surface area (Å²) >= 11 is 0. The normalized spacial score (nSPS) is 12.0. The highest BCUT2D eigenvalue weighted by atomic mass is 16.5. The van der Waals surface area contributed by atoms with Crippen LogP contribution in [0.5, 0.6) is 11.5 Å². The number of benzene rings is 4. The fraction of sp³-hybridized carbons (Fsp3) is 0.140. The Hall–Kier alpha value is -6.01. The van der Waals surface area contributed by atoms with Gasteiger partial charge in [0.25, 0.3) is 0 Å². The van der Waals surface area contributed by atoms with Crippen LogP contribution in [0.15, 0.2) is 128 Å². The number of fused-ring (bicyclic) bond motifs is 9. The summed E-state index contributed by atoms with van der Waals surface area (Å²) in [7, 11) is 0. The SMILES string of the molecule is CC(C)c1cccc(C(C)C)c1-c1ccc2c3ccc(Oc4ccc5c6ccccc6n(-c6ccccn6)c5c4)cc3c3nccn3c2n1. The van der Waals surface area contributed by atoms with Crippen molar-refractivity contribution in [2.45, 2.75) is 39.5 Å². The van der Waals surface area contributed by atoms with Crippen LogP contribution in [0, 0.1) is 0 Å². The first kappa shape index (κ1) is 29.2. The highest BCUT2D eigenvalue weighted by Crippen LogP contribution is 2.39. The summed E-state index contributed by atoms with van der Waals surface area (Å²) in [5.41, 5.74) is 8.77. The van der Waals surface area contributed by atoms with E-state index >= 15 is 0 Å². The number of imidazole rings is 1. The van der Waals surface area contributed by atoms with Gasteiger partial charge in [0.15, 0.2) is 0 Å². The zero-order chi connectivity index (χ0) is 33.2. The third-order valence-corrected chi connectivity index (χ3v) is 9.65. The average Bonchev–Trinajstić information content (AvgIpc) is 3.75. The lowest BCUT2D eigenvalue weighted by Gasteiger charge is -2.20. The summed E-state index contributed by atoms with van der Waals surface area (Å²) in [6, 6.07) is 38.0. The van der Waals surface area contributed by atoms with Gasteiger partial charge in [0.05, 0.1) is 16.7 Å².